The molecule has 0 amide bonds. The Morgan fingerprint density at radius 2 is 0.737 bits per heavy atom. The van der Waals surface area contributed by atoms with E-state index in [1.165, 1.54) is 154 Å². The van der Waals surface area contributed by atoms with Gasteiger partial charge in [-0.05, 0) is 19.3 Å². The van der Waals surface area contributed by atoms with Crippen molar-refractivity contribution in [3.63, 3.8) is 0 Å². The van der Waals surface area contributed by atoms with Gasteiger partial charge in [0.15, 0.2) is 6.10 Å². The summed E-state index contributed by atoms with van der Waals surface area (Å²) in [6, 6.07) is 0. The topological polar surface area (TPSA) is 35.5 Å². The predicted molar refractivity (Wildman–Crippen MR) is 167 cm³/mol. The maximum Gasteiger partial charge on any atom is 0.335 e. The second-order valence-corrected chi connectivity index (χ2v) is 11.8. The lowest BCUT2D eigenvalue weighted by Crippen LogP contribution is -2.27. The molecule has 0 aromatic carbocycles. The van der Waals surface area contributed by atoms with Crippen molar-refractivity contribution in [2.75, 3.05) is 13.2 Å². The van der Waals surface area contributed by atoms with Crippen LogP contribution in [0.3, 0.4) is 0 Å². The average Bonchev–Trinajstić information content (AvgIpc) is 2.92. The zero-order chi connectivity index (χ0) is 27.8. The number of unbranched alkanes of at least 4 members (excludes halogenated alkanes) is 24. The molecule has 3 heteroatoms. The van der Waals surface area contributed by atoms with Crippen molar-refractivity contribution in [1.29, 1.82) is 0 Å². The van der Waals surface area contributed by atoms with E-state index in [1.807, 2.05) is 0 Å². The first-order valence-corrected chi connectivity index (χ1v) is 17.5. The third kappa shape index (κ3) is 28.4. The molecule has 0 aliphatic carbocycles. The summed E-state index contributed by atoms with van der Waals surface area (Å²) in [5.74, 6) is -0.118. The van der Waals surface area contributed by atoms with Gasteiger partial charge in [0.1, 0.15) is 0 Å². The van der Waals surface area contributed by atoms with Crippen molar-refractivity contribution in [2.24, 2.45) is 0 Å². The Labute approximate surface area is 240 Å². The van der Waals surface area contributed by atoms with Crippen LogP contribution in [0.5, 0.6) is 0 Å². The molecule has 3 nitrogen and oxygen atoms in total. The van der Waals surface area contributed by atoms with Crippen molar-refractivity contribution < 1.29 is 14.3 Å². The largest absolute Gasteiger partial charge is 0.464 e. The lowest BCUT2D eigenvalue weighted by molar-refractivity contribution is -0.158. The molecule has 0 radical (unpaired) electrons. The molecule has 0 saturated heterocycles. The Hall–Kier alpha value is -0.570. The predicted octanol–water partition coefficient (Wildman–Crippen LogP) is 11.9. The minimum absolute atomic E-state index is 0.118. The number of carbonyl (C=O) groups is 1. The number of rotatable bonds is 32. The smallest absolute Gasteiger partial charge is 0.335 e. The quantitative estimate of drug-likeness (QED) is 0.0631. The molecule has 0 saturated carbocycles. The first-order valence-electron chi connectivity index (χ1n) is 17.5. The van der Waals surface area contributed by atoms with E-state index in [1.54, 1.807) is 0 Å². The van der Waals surface area contributed by atoms with E-state index < -0.39 is 0 Å². The van der Waals surface area contributed by atoms with Gasteiger partial charge in [0.05, 0.1) is 6.61 Å². The number of esters is 1. The van der Waals surface area contributed by atoms with Gasteiger partial charge in [-0.15, -0.1) is 0 Å². The molecule has 0 aliphatic heterocycles. The van der Waals surface area contributed by atoms with Crippen molar-refractivity contribution in [3.8, 4) is 0 Å². The summed E-state index contributed by atoms with van der Waals surface area (Å²) in [5, 5.41) is 0. The first-order chi connectivity index (χ1) is 18.8. The van der Waals surface area contributed by atoms with E-state index in [2.05, 4.69) is 20.8 Å². The molecule has 0 bridgehead atoms. The van der Waals surface area contributed by atoms with E-state index >= 15 is 0 Å². The van der Waals surface area contributed by atoms with Gasteiger partial charge < -0.3 is 9.47 Å². The lowest BCUT2D eigenvalue weighted by atomic mass is 10.0. The Bertz CT molecular complexity index is 450. The Morgan fingerprint density at radius 1 is 0.421 bits per heavy atom. The molecule has 38 heavy (non-hydrogen) atoms. The molecule has 228 valence electrons. The standard InChI is InChI=1S/C35H70O3/c1-4-7-10-12-14-16-18-19-20-21-22-24-26-28-31-34(37-32-29-9-6-3)35(36)38-33-30-27-25-23-17-15-13-11-8-5-2/h34H,4-33H2,1-3H3. The van der Waals surface area contributed by atoms with Crippen LogP contribution in [-0.2, 0) is 14.3 Å². The van der Waals surface area contributed by atoms with Crippen LogP contribution in [-0.4, -0.2) is 25.3 Å². The summed E-state index contributed by atoms with van der Waals surface area (Å²) in [5.41, 5.74) is 0. The van der Waals surface area contributed by atoms with E-state index in [-0.39, 0.29) is 12.1 Å². The second-order valence-electron chi connectivity index (χ2n) is 11.8. The summed E-state index contributed by atoms with van der Waals surface area (Å²) in [6.45, 7) is 8.00. The number of ether oxygens (including phenoxy) is 2. The summed E-state index contributed by atoms with van der Waals surface area (Å²) in [6.07, 6.45) is 35.8. The zero-order valence-corrected chi connectivity index (χ0v) is 26.5. The highest BCUT2D eigenvalue weighted by Crippen LogP contribution is 2.16. The fourth-order valence-corrected chi connectivity index (χ4v) is 5.23. The molecule has 0 rings (SSSR count). The molecule has 0 aromatic rings. The van der Waals surface area contributed by atoms with Crippen LogP contribution in [0.1, 0.15) is 201 Å². The highest BCUT2D eigenvalue weighted by molar-refractivity contribution is 5.74. The van der Waals surface area contributed by atoms with Gasteiger partial charge in [0.2, 0.25) is 0 Å². The van der Waals surface area contributed by atoms with Crippen LogP contribution < -0.4 is 0 Å². The highest BCUT2D eigenvalue weighted by atomic mass is 16.6. The molecular weight excluding hydrogens is 468 g/mol. The van der Waals surface area contributed by atoms with E-state index in [0.717, 1.165) is 25.7 Å². The molecule has 0 aliphatic rings. The van der Waals surface area contributed by atoms with Crippen molar-refractivity contribution in [1.82, 2.24) is 0 Å². The third-order valence-corrected chi connectivity index (χ3v) is 7.89. The Balaban J connectivity index is 3.80. The van der Waals surface area contributed by atoms with Crippen LogP contribution in [0.2, 0.25) is 0 Å². The fourth-order valence-electron chi connectivity index (χ4n) is 5.23. The van der Waals surface area contributed by atoms with Crippen molar-refractivity contribution in [2.45, 2.75) is 207 Å². The second kappa shape index (κ2) is 32.6. The van der Waals surface area contributed by atoms with Crippen LogP contribution in [0, 0.1) is 0 Å². The van der Waals surface area contributed by atoms with Gasteiger partial charge in [-0.25, -0.2) is 4.79 Å². The van der Waals surface area contributed by atoms with Gasteiger partial charge in [-0.2, -0.15) is 0 Å². The fraction of sp³-hybridized carbons (Fsp3) is 0.971. The highest BCUT2D eigenvalue weighted by Gasteiger charge is 2.20. The monoisotopic (exact) mass is 539 g/mol. The average molecular weight is 539 g/mol. The van der Waals surface area contributed by atoms with Crippen LogP contribution in [0.25, 0.3) is 0 Å². The molecular formula is C35H70O3. The first kappa shape index (κ1) is 37.4. The summed E-state index contributed by atoms with van der Waals surface area (Å²) >= 11 is 0. The molecule has 0 fully saturated rings. The summed E-state index contributed by atoms with van der Waals surface area (Å²) in [7, 11) is 0. The maximum atomic E-state index is 12.7. The molecule has 0 aromatic heterocycles. The van der Waals surface area contributed by atoms with Gasteiger partial charge in [-0.1, -0.05) is 181 Å². The van der Waals surface area contributed by atoms with E-state index in [9.17, 15) is 4.79 Å². The van der Waals surface area contributed by atoms with E-state index in [0.29, 0.717) is 13.2 Å². The molecule has 1 unspecified atom stereocenters. The number of carbonyl (C=O) groups excluding carboxylic acids is 1. The summed E-state index contributed by atoms with van der Waals surface area (Å²) < 4.78 is 11.6. The minimum Gasteiger partial charge on any atom is -0.464 e. The van der Waals surface area contributed by atoms with Crippen LogP contribution >= 0.6 is 0 Å². The van der Waals surface area contributed by atoms with Crippen molar-refractivity contribution >= 4 is 5.97 Å². The molecule has 0 N–H and O–H groups in total. The lowest BCUT2D eigenvalue weighted by Gasteiger charge is -2.17. The van der Waals surface area contributed by atoms with E-state index in [4.69, 9.17) is 9.47 Å². The van der Waals surface area contributed by atoms with Gasteiger partial charge in [0, 0.05) is 6.61 Å². The molecule has 0 spiro atoms. The third-order valence-electron chi connectivity index (χ3n) is 7.89. The Morgan fingerprint density at radius 3 is 1.16 bits per heavy atom. The van der Waals surface area contributed by atoms with Crippen LogP contribution in [0.15, 0.2) is 0 Å². The van der Waals surface area contributed by atoms with Gasteiger partial charge in [-0.3, -0.25) is 0 Å². The Kier molecular flexibility index (Phi) is 32.2. The number of hydrogen-bond acceptors (Lipinski definition) is 3. The van der Waals surface area contributed by atoms with Gasteiger partial charge in [0.25, 0.3) is 0 Å². The molecule has 0 heterocycles. The number of hydrogen-bond donors (Lipinski definition) is 0. The van der Waals surface area contributed by atoms with Crippen molar-refractivity contribution in [3.05, 3.63) is 0 Å². The normalized spacial score (nSPS) is 12.2. The minimum atomic E-state index is -0.354. The summed E-state index contributed by atoms with van der Waals surface area (Å²) in [4.78, 5) is 12.7. The maximum absolute atomic E-state index is 12.7. The van der Waals surface area contributed by atoms with Crippen LogP contribution in [0.4, 0.5) is 0 Å². The SMILES string of the molecule is CCCCCCCCCCCCCCCCC(OCCCCC)C(=O)OCCCCCCCCCCCC. The molecule has 1 atom stereocenters. The van der Waals surface area contributed by atoms with Gasteiger partial charge >= 0.3 is 5.97 Å². The zero-order valence-electron chi connectivity index (χ0n) is 26.5.